The maximum Gasteiger partial charge on any atom is 0.329 e. The number of carboxylic acid groups (broad SMARTS) is 1. The second-order valence-corrected chi connectivity index (χ2v) is 6.19. The zero-order chi connectivity index (χ0) is 18.5. The van der Waals surface area contributed by atoms with Gasteiger partial charge in [-0.3, -0.25) is 4.79 Å². The highest BCUT2D eigenvalue weighted by atomic mass is 16.5. The van der Waals surface area contributed by atoms with E-state index >= 15 is 0 Å². The highest BCUT2D eigenvalue weighted by molar-refractivity contribution is 5.86. The van der Waals surface area contributed by atoms with Crippen LogP contribution < -0.4 is 4.74 Å². The van der Waals surface area contributed by atoms with Crippen molar-refractivity contribution in [1.82, 2.24) is 4.90 Å². The van der Waals surface area contributed by atoms with Crippen LogP contribution in [0, 0.1) is 0 Å². The van der Waals surface area contributed by atoms with E-state index in [0.29, 0.717) is 12.2 Å². The molecule has 136 valence electrons. The Morgan fingerprint density at radius 1 is 1.15 bits per heavy atom. The van der Waals surface area contributed by atoms with Crippen LogP contribution in [0.25, 0.3) is 0 Å². The molecule has 1 aliphatic rings. The number of carboxylic acids is 1. The van der Waals surface area contributed by atoms with Gasteiger partial charge in [0, 0.05) is 13.0 Å². The van der Waals surface area contributed by atoms with E-state index in [1.807, 2.05) is 42.5 Å². The molecule has 26 heavy (non-hydrogen) atoms. The smallest absolute Gasteiger partial charge is 0.329 e. The number of carbonyl (C=O) groups is 2. The van der Waals surface area contributed by atoms with Crippen LogP contribution in [0.1, 0.15) is 11.1 Å². The molecule has 3 rings (SSSR count). The summed E-state index contributed by atoms with van der Waals surface area (Å²) in [7, 11) is 1.58. The lowest BCUT2D eigenvalue weighted by Crippen LogP contribution is -2.58. The van der Waals surface area contributed by atoms with Gasteiger partial charge in [-0.15, -0.1) is 0 Å². The van der Waals surface area contributed by atoms with Gasteiger partial charge in [-0.1, -0.05) is 42.5 Å². The Labute approximate surface area is 152 Å². The summed E-state index contributed by atoms with van der Waals surface area (Å²) in [5.41, 5.74) is 1.81. The maximum atomic E-state index is 12.3. The van der Waals surface area contributed by atoms with Crippen molar-refractivity contribution >= 4 is 11.9 Å². The molecule has 1 heterocycles. The van der Waals surface area contributed by atoms with Crippen LogP contribution in [-0.2, 0) is 27.3 Å². The van der Waals surface area contributed by atoms with Gasteiger partial charge in [0.25, 0.3) is 0 Å². The van der Waals surface area contributed by atoms with Crippen molar-refractivity contribution in [3.05, 3.63) is 65.7 Å². The van der Waals surface area contributed by atoms with E-state index in [-0.39, 0.29) is 19.1 Å². The highest BCUT2D eigenvalue weighted by Gasteiger charge is 2.41. The Morgan fingerprint density at radius 2 is 1.85 bits per heavy atom. The van der Waals surface area contributed by atoms with E-state index in [9.17, 15) is 14.7 Å². The molecule has 6 heteroatoms. The van der Waals surface area contributed by atoms with Gasteiger partial charge in [0.15, 0.2) is 6.04 Å². The Kier molecular flexibility index (Phi) is 5.53. The van der Waals surface area contributed by atoms with E-state index in [1.54, 1.807) is 19.2 Å². The molecule has 0 spiro atoms. The number of aliphatic carboxylic acids is 1. The van der Waals surface area contributed by atoms with Crippen LogP contribution in [0.15, 0.2) is 54.6 Å². The molecule has 0 aliphatic carbocycles. The highest BCUT2D eigenvalue weighted by Crippen LogP contribution is 2.23. The summed E-state index contributed by atoms with van der Waals surface area (Å²) < 4.78 is 10.7. The first kappa shape index (κ1) is 17.9. The van der Waals surface area contributed by atoms with Gasteiger partial charge in [0.2, 0.25) is 5.91 Å². The second-order valence-electron chi connectivity index (χ2n) is 6.19. The van der Waals surface area contributed by atoms with Crippen molar-refractivity contribution < 1.29 is 24.2 Å². The molecule has 2 aromatic carbocycles. The van der Waals surface area contributed by atoms with Crippen molar-refractivity contribution in [1.29, 1.82) is 0 Å². The second kappa shape index (κ2) is 8.01. The summed E-state index contributed by atoms with van der Waals surface area (Å²) in [5.74, 6) is -0.677. The number of amides is 1. The zero-order valence-corrected chi connectivity index (χ0v) is 14.5. The Hall–Kier alpha value is -2.86. The molecule has 1 aliphatic heterocycles. The van der Waals surface area contributed by atoms with Crippen molar-refractivity contribution in [2.75, 3.05) is 13.7 Å². The number of ether oxygens (including phenoxy) is 2. The van der Waals surface area contributed by atoms with Gasteiger partial charge in [0.1, 0.15) is 12.4 Å². The standard InChI is InChI=1S/C20H21NO5/c1-25-16-9-7-15(8-10-16)12-21-18(22)13-26-17(19(21)20(23)24)11-14-5-3-2-4-6-14/h2-10,17,19H,11-13H2,1H3,(H,23,24). The normalized spacial score (nSPS) is 20.0. The first-order chi connectivity index (χ1) is 12.6. The maximum absolute atomic E-state index is 12.3. The molecule has 1 amide bonds. The molecular formula is C20H21NO5. The van der Waals surface area contributed by atoms with Crippen LogP contribution in [0.4, 0.5) is 0 Å². The molecule has 0 saturated carbocycles. The fourth-order valence-corrected chi connectivity index (χ4v) is 3.13. The SMILES string of the molecule is COc1ccc(CN2C(=O)COC(Cc3ccccc3)C2C(=O)O)cc1. The number of rotatable bonds is 6. The van der Waals surface area contributed by atoms with E-state index in [0.717, 1.165) is 11.1 Å². The van der Waals surface area contributed by atoms with Crippen molar-refractivity contribution in [2.45, 2.75) is 25.1 Å². The molecule has 0 radical (unpaired) electrons. The Bertz CT molecular complexity index is 760. The number of carbonyl (C=O) groups excluding carboxylic acids is 1. The lowest BCUT2D eigenvalue weighted by molar-refractivity contribution is -0.172. The van der Waals surface area contributed by atoms with E-state index in [2.05, 4.69) is 0 Å². The fraction of sp³-hybridized carbons (Fsp3) is 0.300. The summed E-state index contributed by atoms with van der Waals surface area (Å²) in [6, 6.07) is 15.7. The number of hydrogen-bond donors (Lipinski definition) is 1. The van der Waals surface area contributed by atoms with E-state index < -0.39 is 18.1 Å². The van der Waals surface area contributed by atoms with Gasteiger partial charge in [-0.25, -0.2) is 4.79 Å². The minimum Gasteiger partial charge on any atom is -0.497 e. The van der Waals surface area contributed by atoms with Crippen LogP contribution >= 0.6 is 0 Å². The fourth-order valence-electron chi connectivity index (χ4n) is 3.13. The third kappa shape index (κ3) is 4.03. The summed E-state index contributed by atoms with van der Waals surface area (Å²) in [6.07, 6.45) is -0.157. The van der Waals surface area contributed by atoms with Crippen molar-refractivity contribution in [2.24, 2.45) is 0 Å². The Balaban J connectivity index is 1.81. The average Bonchev–Trinajstić information content (AvgIpc) is 2.65. The predicted octanol–water partition coefficient (Wildman–Crippen LogP) is 2.12. The van der Waals surface area contributed by atoms with Gasteiger partial charge >= 0.3 is 5.97 Å². The van der Waals surface area contributed by atoms with Crippen LogP contribution in [0.5, 0.6) is 5.75 Å². The van der Waals surface area contributed by atoms with Crippen molar-refractivity contribution in [3.63, 3.8) is 0 Å². The average molecular weight is 355 g/mol. The number of hydrogen-bond acceptors (Lipinski definition) is 4. The molecule has 2 atom stereocenters. The molecular weight excluding hydrogens is 334 g/mol. The largest absolute Gasteiger partial charge is 0.497 e. The van der Waals surface area contributed by atoms with Gasteiger partial charge < -0.3 is 19.5 Å². The molecule has 2 unspecified atom stereocenters. The molecule has 0 bridgehead atoms. The zero-order valence-electron chi connectivity index (χ0n) is 14.5. The minimum absolute atomic E-state index is 0.114. The molecule has 2 aromatic rings. The van der Waals surface area contributed by atoms with Gasteiger partial charge in [-0.05, 0) is 23.3 Å². The first-order valence-corrected chi connectivity index (χ1v) is 8.39. The summed E-state index contributed by atoms with van der Waals surface area (Å²) in [4.78, 5) is 25.6. The molecule has 6 nitrogen and oxygen atoms in total. The van der Waals surface area contributed by atoms with Crippen LogP contribution in [0.3, 0.4) is 0 Å². The molecule has 1 fully saturated rings. The molecule has 1 N–H and O–H groups in total. The number of benzene rings is 2. The number of methoxy groups -OCH3 is 1. The summed E-state index contributed by atoms with van der Waals surface area (Å²) in [6.45, 7) is 0.103. The monoisotopic (exact) mass is 355 g/mol. The third-order valence-electron chi connectivity index (χ3n) is 4.47. The molecule has 1 saturated heterocycles. The minimum atomic E-state index is -1.06. The van der Waals surface area contributed by atoms with Crippen LogP contribution in [0.2, 0.25) is 0 Å². The van der Waals surface area contributed by atoms with E-state index in [1.165, 1.54) is 4.90 Å². The summed E-state index contributed by atoms with van der Waals surface area (Å²) >= 11 is 0. The van der Waals surface area contributed by atoms with E-state index in [4.69, 9.17) is 9.47 Å². The lowest BCUT2D eigenvalue weighted by atomic mass is 9.98. The first-order valence-electron chi connectivity index (χ1n) is 8.39. The number of morpholine rings is 1. The quantitative estimate of drug-likeness (QED) is 0.859. The van der Waals surface area contributed by atoms with Gasteiger partial charge in [-0.2, -0.15) is 0 Å². The van der Waals surface area contributed by atoms with Crippen molar-refractivity contribution in [3.8, 4) is 5.75 Å². The lowest BCUT2D eigenvalue weighted by Gasteiger charge is -2.38. The number of nitrogens with zero attached hydrogens (tertiary/aromatic N) is 1. The Morgan fingerprint density at radius 3 is 2.46 bits per heavy atom. The predicted molar refractivity (Wildman–Crippen MR) is 94.9 cm³/mol. The topological polar surface area (TPSA) is 76.1 Å². The van der Waals surface area contributed by atoms with Gasteiger partial charge in [0.05, 0.1) is 13.2 Å². The molecule has 0 aromatic heterocycles. The summed E-state index contributed by atoms with van der Waals surface area (Å²) in [5, 5.41) is 9.74. The van der Waals surface area contributed by atoms with Crippen LogP contribution in [-0.4, -0.2) is 47.7 Å². The third-order valence-corrected chi connectivity index (χ3v) is 4.47.